The highest BCUT2D eigenvalue weighted by Gasteiger charge is 2.24. The number of amides is 2. The van der Waals surface area contributed by atoms with Gasteiger partial charge in [0.05, 0.1) is 6.10 Å². The predicted molar refractivity (Wildman–Crippen MR) is 64.9 cm³/mol. The van der Waals surface area contributed by atoms with Crippen LogP contribution in [0, 0.1) is 5.82 Å². The number of hydrogen-bond donors (Lipinski definition) is 4. The second-order valence-corrected chi connectivity index (χ2v) is 4.01. The molecule has 0 fully saturated rings. The van der Waals surface area contributed by atoms with Gasteiger partial charge in [-0.2, -0.15) is 0 Å². The van der Waals surface area contributed by atoms with Gasteiger partial charge in [0.25, 0.3) is 0 Å². The molecule has 1 aromatic carbocycles. The highest BCUT2D eigenvalue weighted by molar-refractivity contribution is 5.82. The molecule has 2 unspecified atom stereocenters. The Morgan fingerprint density at radius 3 is 2.37 bits per heavy atom. The molecule has 1 aromatic rings. The molecule has 0 heterocycles. The number of urea groups is 1. The van der Waals surface area contributed by atoms with E-state index in [1.807, 2.05) is 0 Å². The van der Waals surface area contributed by atoms with Crippen LogP contribution in [0.1, 0.15) is 12.5 Å². The zero-order chi connectivity index (χ0) is 14.4. The largest absolute Gasteiger partial charge is 0.480 e. The quantitative estimate of drug-likeness (QED) is 0.624. The number of carboxylic acids is 1. The molecule has 0 spiro atoms. The Morgan fingerprint density at radius 1 is 1.32 bits per heavy atom. The van der Waals surface area contributed by atoms with E-state index in [1.165, 1.54) is 31.2 Å². The van der Waals surface area contributed by atoms with Crippen LogP contribution in [0.15, 0.2) is 24.3 Å². The number of carboxylic acid groups (broad SMARTS) is 1. The zero-order valence-corrected chi connectivity index (χ0v) is 10.3. The monoisotopic (exact) mass is 270 g/mol. The topological polar surface area (TPSA) is 98.7 Å². The van der Waals surface area contributed by atoms with E-state index in [0.717, 1.165) is 0 Å². The molecule has 104 valence electrons. The summed E-state index contributed by atoms with van der Waals surface area (Å²) in [6.45, 7) is 1.39. The third-order valence-electron chi connectivity index (χ3n) is 2.40. The maximum atomic E-state index is 12.6. The van der Waals surface area contributed by atoms with Gasteiger partial charge in [0.1, 0.15) is 5.82 Å². The lowest BCUT2D eigenvalue weighted by Crippen LogP contribution is -2.50. The van der Waals surface area contributed by atoms with Crippen molar-refractivity contribution in [2.24, 2.45) is 0 Å². The van der Waals surface area contributed by atoms with Gasteiger partial charge in [-0.3, -0.25) is 0 Å². The molecule has 0 saturated heterocycles. The molecule has 2 amide bonds. The standard InChI is InChI=1S/C12H15FN2O4/c1-7(16)10(11(17)18)15-12(19)14-6-8-2-4-9(13)5-3-8/h2-5,7,10,16H,6H2,1H3,(H,17,18)(H2,14,15,19). The number of rotatable bonds is 5. The van der Waals surface area contributed by atoms with E-state index in [-0.39, 0.29) is 12.4 Å². The molecule has 0 aliphatic heterocycles. The van der Waals surface area contributed by atoms with Crippen molar-refractivity contribution in [2.45, 2.75) is 25.6 Å². The third kappa shape index (κ3) is 4.92. The van der Waals surface area contributed by atoms with Crippen LogP contribution in [0.25, 0.3) is 0 Å². The minimum atomic E-state index is -1.38. The molecule has 6 nitrogen and oxygen atoms in total. The molecule has 0 aliphatic rings. The number of aliphatic carboxylic acids is 1. The zero-order valence-electron chi connectivity index (χ0n) is 10.3. The van der Waals surface area contributed by atoms with Crippen molar-refractivity contribution in [3.63, 3.8) is 0 Å². The Labute approximate surface area is 109 Å². The molecular formula is C12H15FN2O4. The van der Waals surface area contributed by atoms with Crippen LogP contribution in [-0.2, 0) is 11.3 Å². The first-order valence-corrected chi connectivity index (χ1v) is 5.60. The van der Waals surface area contributed by atoms with E-state index in [1.54, 1.807) is 0 Å². The summed E-state index contributed by atoms with van der Waals surface area (Å²) in [6, 6.07) is 3.40. The lowest BCUT2D eigenvalue weighted by atomic mass is 10.2. The van der Waals surface area contributed by atoms with Gasteiger partial charge in [0.2, 0.25) is 0 Å². The Kier molecular flexibility index (Phi) is 5.25. The van der Waals surface area contributed by atoms with Gasteiger partial charge in [0.15, 0.2) is 6.04 Å². The summed E-state index contributed by atoms with van der Waals surface area (Å²) in [5.41, 5.74) is 0.667. The average Bonchev–Trinajstić information content (AvgIpc) is 2.34. The van der Waals surface area contributed by atoms with Gasteiger partial charge in [-0.1, -0.05) is 12.1 Å². The van der Waals surface area contributed by atoms with Crippen molar-refractivity contribution in [2.75, 3.05) is 0 Å². The summed E-state index contributed by atoms with van der Waals surface area (Å²) in [5.74, 6) is -1.71. The maximum Gasteiger partial charge on any atom is 0.328 e. The Bertz CT molecular complexity index is 448. The second kappa shape index (κ2) is 6.69. The lowest BCUT2D eigenvalue weighted by molar-refractivity contribution is -0.141. The summed E-state index contributed by atoms with van der Waals surface area (Å²) in [4.78, 5) is 22.2. The summed E-state index contributed by atoms with van der Waals surface area (Å²) in [5, 5.41) is 22.5. The van der Waals surface area contributed by atoms with Crippen LogP contribution < -0.4 is 10.6 Å². The summed E-state index contributed by atoms with van der Waals surface area (Å²) < 4.78 is 12.6. The van der Waals surface area contributed by atoms with E-state index < -0.39 is 24.1 Å². The number of aliphatic hydroxyl groups excluding tert-OH is 1. The molecule has 4 N–H and O–H groups in total. The molecule has 0 saturated carbocycles. The van der Waals surface area contributed by atoms with Crippen molar-refractivity contribution in [1.29, 1.82) is 0 Å². The van der Waals surface area contributed by atoms with Crippen LogP contribution in [0.3, 0.4) is 0 Å². The molecule has 0 aliphatic carbocycles. The van der Waals surface area contributed by atoms with Gasteiger partial charge >= 0.3 is 12.0 Å². The number of carbonyl (C=O) groups is 2. The molecular weight excluding hydrogens is 255 g/mol. The molecule has 1 rings (SSSR count). The van der Waals surface area contributed by atoms with Crippen LogP contribution in [0.5, 0.6) is 0 Å². The second-order valence-electron chi connectivity index (χ2n) is 4.01. The van der Waals surface area contributed by atoms with Crippen molar-refractivity contribution >= 4 is 12.0 Å². The first-order valence-electron chi connectivity index (χ1n) is 5.60. The fourth-order valence-corrected chi connectivity index (χ4v) is 1.37. The summed E-state index contributed by atoms with van der Waals surface area (Å²) in [7, 11) is 0. The van der Waals surface area contributed by atoms with E-state index in [0.29, 0.717) is 5.56 Å². The molecule has 2 atom stereocenters. The van der Waals surface area contributed by atoms with Crippen molar-refractivity contribution in [3.8, 4) is 0 Å². The molecule has 0 aromatic heterocycles. The highest BCUT2D eigenvalue weighted by atomic mass is 19.1. The van der Waals surface area contributed by atoms with E-state index in [2.05, 4.69) is 10.6 Å². The highest BCUT2D eigenvalue weighted by Crippen LogP contribution is 2.02. The van der Waals surface area contributed by atoms with Gasteiger partial charge in [0, 0.05) is 6.54 Å². The molecule has 19 heavy (non-hydrogen) atoms. The molecule has 0 bridgehead atoms. The fourth-order valence-electron chi connectivity index (χ4n) is 1.37. The van der Waals surface area contributed by atoms with E-state index in [4.69, 9.17) is 5.11 Å². The number of benzene rings is 1. The third-order valence-corrected chi connectivity index (χ3v) is 2.40. The molecule has 0 radical (unpaired) electrons. The first-order chi connectivity index (χ1) is 8.90. The van der Waals surface area contributed by atoms with Crippen LogP contribution in [-0.4, -0.2) is 34.4 Å². The number of nitrogens with one attached hydrogen (secondary N) is 2. The van der Waals surface area contributed by atoms with E-state index in [9.17, 15) is 19.1 Å². The van der Waals surface area contributed by atoms with Crippen LogP contribution in [0.4, 0.5) is 9.18 Å². The Morgan fingerprint density at radius 2 is 1.89 bits per heavy atom. The van der Waals surface area contributed by atoms with Crippen molar-refractivity contribution in [3.05, 3.63) is 35.6 Å². The van der Waals surface area contributed by atoms with Crippen LogP contribution >= 0.6 is 0 Å². The van der Waals surface area contributed by atoms with Crippen molar-refractivity contribution in [1.82, 2.24) is 10.6 Å². The number of aliphatic hydroxyl groups is 1. The predicted octanol–water partition coefficient (Wildman–Crippen LogP) is 0.459. The van der Waals surface area contributed by atoms with Gasteiger partial charge in [-0.15, -0.1) is 0 Å². The lowest BCUT2D eigenvalue weighted by Gasteiger charge is -2.17. The number of carbonyl (C=O) groups excluding carboxylic acids is 1. The van der Waals surface area contributed by atoms with Gasteiger partial charge in [-0.05, 0) is 24.6 Å². The minimum Gasteiger partial charge on any atom is -0.480 e. The van der Waals surface area contributed by atoms with Crippen molar-refractivity contribution < 1.29 is 24.2 Å². The minimum absolute atomic E-state index is 0.123. The van der Waals surface area contributed by atoms with Crippen LogP contribution in [0.2, 0.25) is 0 Å². The maximum absolute atomic E-state index is 12.6. The number of halogens is 1. The smallest absolute Gasteiger partial charge is 0.328 e. The average molecular weight is 270 g/mol. The van der Waals surface area contributed by atoms with Gasteiger partial charge < -0.3 is 20.8 Å². The van der Waals surface area contributed by atoms with Gasteiger partial charge in [-0.25, -0.2) is 14.0 Å². The Hall–Kier alpha value is -2.15. The Balaban J connectivity index is 2.47. The normalized spacial score (nSPS) is 13.4. The first kappa shape index (κ1) is 14.9. The SMILES string of the molecule is CC(O)C(NC(=O)NCc1ccc(F)cc1)C(=O)O. The summed E-state index contributed by atoms with van der Waals surface area (Å²) >= 11 is 0. The fraction of sp³-hybridized carbons (Fsp3) is 0.333. The number of hydrogen-bond acceptors (Lipinski definition) is 3. The summed E-state index contributed by atoms with van der Waals surface area (Å²) in [6.07, 6.45) is -1.21. The van der Waals surface area contributed by atoms with E-state index >= 15 is 0 Å². The molecule has 7 heteroatoms.